The number of rotatable bonds is 9. The molecule has 0 spiro atoms. The number of nitrogens with one attached hydrogen (secondary N) is 1. The first-order valence-electron chi connectivity index (χ1n) is 10.3. The first-order chi connectivity index (χ1) is 13.8. The highest BCUT2D eigenvalue weighted by Crippen LogP contribution is 2.40. The summed E-state index contributed by atoms with van der Waals surface area (Å²) >= 11 is 0. The van der Waals surface area contributed by atoms with Crippen LogP contribution in [0.1, 0.15) is 70.8 Å². The van der Waals surface area contributed by atoms with Gasteiger partial charge in [0.05, 0.1) is 25.3 Å². The van der Waals surface area contributed by atoms with Crippen LogP contribution in [0.4, 0.5) is 0 Å². The predicted octanol–water partition coefficient (Wildman–Crippen LogP) is 2.82. The van der Waals surface area contributed by atoms with Crippen LogP contribution in [0, 0.1) is 0 Å². The molecule has 29 heavy (non-hydrogen) atoms. The average molecular weight is 404 g/mol. The zero-order valence-corrected chi connectivity index (χ0v) is 18.1. The van der Waals surface area contributed by atoms with Gasteiger partial charge < -0.3 is 14.6 Å². The van der Waals surface area contributed by atoms with Gasteiger partial charge in [-0.3, -0.25) is 5.32 Å². The fourth-order valence-electron chi connectivity index (χ4n) is 3.88. The topological polar surface area (TPSA) is 94.3 Å². The van der Waals surface area contributed by atoms with Crippen molar-refractivity contribution in [2.45, 2.75) is 70.5 Å². The monoisotopic (exact) mass is 403 g/mol. The summed E-state index contributed by atoms with van der Waals surface area (Å²) in [7, 11) is 1.64. The van der Waals surface area contributed by atoms with Gasteiger partial charge in [-0.05, 0) is 81.5 Å². The molecule has 2 N–H and O–H groups in total. The molecule has 0 saturated heterocycles. The number of tetrazole rings is 1. The third-order valence-corrected chi connectivity index (χ3v) is 5.56. The van der Waals surface area contributed by atoms with Crippen molar-refractivity contribution < 1.29 is 14.6 Å². The van der Waals surface area contributed by atoms with E-state index < -0.39 is 0 Å². The summed E-state index contributed by atoms with van der Waals surface area (Å²) in [6, 6.07) is 5.70. The van der Waals surface area contributed by atoms with Crippen molar-refractivity contribution >= 4 is 0 Å². The Hall–Kier alpha value is -2.19. The van der Waals surface area contributed by atoms with Crippen LogP contribution in [-0.4, -0.2) is 51.2 Å². The van der Waals surface area contributed by atoms with Crippen LogP contribution in [0.25, 0.3) is 0 Å². The number of nitrogens with zero attached hydrogens (tertiary/aromatic N) is 4. The van der Waals surface area contributed by atoms with Gasteiger partial charge in [-0.1, -0.05) is 6.07 Å². The molecule has 2 aromatic rings. The minimum absolute atomic E-state index is 0.111. The normalized spacial score (nSPS) is 16.9. The van der Waals surface area contributed by atoms with Crippen LogP contribution in [0.3, 0.4) is 0 Å². The summed E-state index contributed by atoms with van der Waals surface area (Å²) in [6.07, 6.45) is 3.90. The number of aliphatic hydroxyl groups excluding tert-OH is 1. The predicted molar refractivity (Wildman–Crippen MR) is 110 cm³/mol. The van der Waals surface area contributed by atoms with E-state index in [9.17, 15) is 5.11 Å². The van der Waals surface area contributed by atoms with Gasteiger partial charge in [0.25, 0.3) is 0 Å². The van der Waals surface area contributed by atoms with E-state index >= 15 is 0 Å². The standard InChI is InChI=1S/C21H33N5O3/c1-6-29-16-9-8-15(14-17(16)28-5)18(22-21(12-13-27)10-7-11-21)19-23-24-25-26(19)20(2,3)4/h8-9,14,18,22,27H,6-7,10-13H2,1-5H3. The van der Waals surface area contributed by atoms with Crippen LogP contribution in [-0.2, 0) is 5.54 Å². The quantitative estimate of drug-likeness (QED) is 0.665. The number of aliphatic hydroxyl groups is 1. The summed E-state index contributed by atoms with van der Waals surface area (Å²) in [5.74, 6) is 2.13. The molecular weight excluding hydrogens is 370 g/mol. The molecule has 1 saturated carbocycles. The number of hydrogen-bond donors (Lipinski definition) is 2. The van der Waals surface area contributed by atoms with E-state index in [1.54, 1.807) is 7.11 Å². The smallest absolute Gasteiger partial charge is 0.173 e. The van der Waals surface area contributed by atoms with Crippen molar-refractivity contribution in [3.8, 4) is 11.5 Å². The SMILES string of the molecule is CCOc1ccc(C(NC2(CCO)CCC2)c2nnnn2C(C)(C)C)cc1OC. The fraction of sp³-hybridized carbons (Fsp3) is 0.667. The van der Waals surface area contributed by atoms with Gasteiger partial charge in [-0.15, -0.1) is 5.10 Å². The number of ether oxygens (including phenoxy) is 2. The second-order valence-electron chi connectivity index (χ2n) is 8.65. The Morgan fingerprint density at radius 3 is 2.59 bits per heavy atom. The Bertz CT molecular complexity index is 811. The molecule has 1 atom stereocenters. The highest BCUT2D eigenvalue weighted by atomic mass is 16.5. The summed E-state index contributed by atoms with van der Waals surface area (Å²) < 4.78 is 13.1. The maximum absolute atomic E-state index is 9.62. The van der Waals surface area contributed by atoms with Crippen LogP contribution >= 0.6 is 0 Å². The largest absolute Gasteiger partial charge is 0.493 e. The maximum atomic E-state index is 9.62. The Labute approximate surface area is 172 Å². The molecule has 160 valence electrons. The maximum Gasteiger partial charge on any atom is 0.173 e. The van der Waals surface area contributed by atoms with Crippen molar-refractivity contribution in [3.05, 3.63) is 29.6 Å². The number of aromatic nitrogens is 4. The molecule has 1 heterocycles. The van der Waals surface area contributed by atoms with Gasteiger partial charge in [0.1, 0.15) is 0 Å². The molecule has 0 aliphatic heterocycles. The van der Waals surface area contributed by atoms with Crippen molar-refractivity contribution in [1.29, 1.82) is 0 Å². The van der Waals surface area contributed by atoms with Crippen molar-refractivity contribution in [2.75, 3.05) is 20.3 Å². The van der Waals surface area contributed by atoms with Gasteiger partial charge in [0.15, 0.2) is 17.3 Å². The molecule has 1 aliphatic rings. The molecule has 1 aromatic carbocycles. The van der Waals surface area contributed by atoms with Gasteiger partial charge in [-0.25, -0.2) is 4.68 Å². The zero-order valence-electron chi connectivity index (χ0n) is 18.1. The van der Waals surface area contributed by atoms with Crippen LogP contribution in [0.15, 0.2) is 18.2 Å². The van der Waals surface area contributed by atoms with E-state index in [1.165, 1.54) is 0 Å². The number of hydrogen-bond acceptors (Lipinski definition) is 7. The van der Waals surface area contributed by atoms with E-state index in [4.69, 9.17) is 9.47 Å². The van der Waals surface area contributed by atoms with Gasteiger partial charge >= 0.3 is 0 Å². The first kappa shape index (κ1) is 21.5. The van der Waals surface area contributed by atoms with E-state index in [1.807, 2.05) is 29.8 Å². The summed E-state index contributed by atoms with van der Waals surface area (Å²) in [5.41, 5.74) is 0.618. The molecule has 0 bridgehead atoms. The Kier molecular flexibility index (Phi) is 6.43. The molecule has 3 rings (SSSR count). The summed E-state index contributed by atoms with van der Waals surface area (Å²) in [6.45, 7) is 8.90. The van der Waals surface area contributed by atoms with Crippen LogP contribution < -0.4 is 14.8 Å². The number of benzene rings is 1. The minimum atomic E-state index is -0.266. The van der Waals surface area contributed by atoms with E-state index in [2.05, 4.69) is 41.6 Å². The molecule has 1 aliphatic carbocycles. The lowest BCUT2D eigenvalue weighted by Gasteiger charge is -2.45. The van der Waals surface area contributed by atoms with Crippen molar-refractivity contribution in [2.24, 2.45) is 0 Å². The highest BCUT2D eigenvalue weighted by molar-refractivity contribution is 5.45. The third-order valence-electron chi connectivity index (χ3n) is 5.56. The second-order valence-corrected chi connectivity index (χ2v) is 8.65. The first-order valence-corrected chi connectivity index (χ1v) is 10.3. The zero-order chi connectivity index (χ0) is 21.1. The summed E-state index contributed by atoms with van der Waals surface area (Å²) in [5, 5.41) is 26.0. The van der Waals surface area contributed by atoms with Gasteiger partial charge in [0, 0.05) is 12.1 Å². The Morgan fingerprint density at radius 1 is 1.28 bits per heavy atom. The third kappa shape index (κ3) is 4.53. The fourth-order valence-corrected chi connectivity index (χ4v) is 3.88. The molecule has 0 amide bonds. The second kappa shape index (κ2) is 8.67. The lowest BCUT2D eigenvalue weighted by Crippen LogP contribution is -2.53. The molecule has 1 aromatic heterocycles. The van der Waals surface area contributed by atoms with Crippen molar-refractivity contribution in [3.63, 3.8) is 0 Å². The molecule has 0 radical (unpaired) electrons. The molecule has 8 nitrogen and oxygen atoms in total. The molecule has 1 unspecified atom stereocenters. The lowest BCUT2D eigenvalue weighted by atomic mass is 9.73. The summed E-state index contributed by atoms with van der Waals surface area (Å²) in [4.78, 5) is 0. The molecular formula is C21H33N5O3. The van der Waals surface area contributed by atoms with E-state index in [0.717, 1.165) is 30.7 Å². The van der Waals surface area contributed by atoms with Crippen LogP contribution in [0.2, 0.25) is 0 Å². The molecule has 1 fully saturated rings. The van der Waals surface area contributed by atoms with E-state index in [-0.39, 0.29) is 23.7 Å². The van der Waals surface area contributed by atoms with Gasteiger partial charge in [-0.2, -0.15) is 0 Å². The van der Waals surface area contributed by atoms with Crippen molar-refractivity contribution in [1.82, 2.24) is 25.5 Å². The highest BCUT2D eigenvalue weighted by Gasteiger charge is 2.40. The van der Waals surface area contributed by atoms with Gasteiger partial charge in [0.2, 0.25) is 0 Å². The molecule has 8 heteroatoms. The average Bonchev–Trinajstić information content (AvgIpc) is 3.14. The Morgan fingerprint density at radius 2 is 2.03 bits per heavy atom. The minimum Gasteiger partial charge on any atom is -0.493 e. The van der Waals surface area contributed by atoms with Crippen LogP contribution in [0.5, 0.6) is 11.5 Å². The number of methoxy groups -OCH3 is 1. The lowest BCUT2D eigenvalue weighted by molar-refractivity contribution is 0.119. The van der Waals surface area contributed by atoms with E-state index in [0.29, 0.717) is 24.5 Å². The Balaban J connectivity index is 2.05.